The van der Waals surface area contributed by atoms with Crippen LogP contribution in [0.3, 0.4) is 0 Å². The number of carbonyl (C=O) groups is 2. The fourth-order valence-corrected chi connectivity index (χ4v) is 5.06. The van der Waals surface area contributed by atoms with E-state index in [2.05, 4.69) is 78.7 Å². The summed E-state index contributed by atoms with van der Waals surface area (Å²) < 4.78 is 0. The number of carboxylic acid groups (broad SMARTS) is 2. The molecule has 0 aromatic heterocycles. The van der Waals surface area contributed by atoms with Crippen LogP contribution in [0, 0.1) is 6.92 Å². The van der Waals surface area contributed by atoms with Crippen molar-refractivity contribution in [2.45, 2.75) is 57.9 Å². The average Bonchev–Trinajstić information content (AvgIpc) is 2.90. The smallest absolute Gasteiger partial charge is 0.450 e. The maximum atomic E-state index is 13.2. The molecule has 1 fully saturated rings. The number of amides is 1. The first-order valence-corrected chi connectivity index (χ1v) is 13.3. The SMILES string of the molecule is Cc1ccc(-c2ccccc2)c(C(=O)NC2CCN(CCCC(C)(C)c3ccccc3)CC2)c1.O=C(O)O. The molecule has 3 aromatic carbocycles. The van der Waals surface area contributed by atoms with Gasteiger partial charge in [-0.15, -0.1) is 0 Å². The van der Waals surface area contributed by atoms with Crippen LogP contribution in [0.5, 0.6) is 0 Å². The summed E-state index contributed by atoms with van der Waals surface area (Å²) in [5, 5.41) is 17.3. The van der Waals surface area contributed by atoms with Crippen LogP contribution in [0.4, 0.5) is 4.79 Å². The Bertz CT molecular complexity index is 1170. The molecule has 0 atom stereocenters. The van der Waals surface area contributed by atoms with E-state index in [0.717, 1.165) is 54.7 Å². The molecule has 1 aliphatic rings. The average molecular weight is 517 g/mol. The van der Waals surface area contributed by atoms with Gasteiger partial charge in [-0.1, -0.05) is 92.2 Å². The van der Waals surface area contributed by atoms with E-state index in [0.29, 0.717) is 0 Å². The minimum atomic E-state index is -1.83. The lowest BCUT2D eigenvalue weighted by molar-refractivity contribution is 0.0910. The van der Waals surface area contributed by atoms with E-state index >= 15 is 0 Å². The van der Waals surface area contributed by atoms with Gasteiger partial charge < -0.3 is 20.4 Å². The maximum absolute atomic E-state index is 13.2. The van der Waals surface area contributed by atoms with Crippen LogP contribution < -0.4 is 5.32 Å². The highest BCUT2D eigenvalue weighted by molar-refractivity contribution is 6.01. The molecule has 0 unspecified atom stereocenters. The second-order valence-electron chi connectivity index (χ2n) is 10.6. The number of benzene rings is 3. The minimum absolute atomic E-state index is 0.0469. The Morgan fingerprint density at radius 1 is 0.921 bits per heavy atom. The number of aryl methyl sites for hydroxylation is 1. The van der Waals surface area contributed by atoms with Gasteiger partial charge in [-0.25, -0.2) is 4.79 Å². The Labute approximate surface area is 226 Å². The monoisotopic (exact) mass is 516 g/mol. The molecule has 6 nitrogen and oxygen atoms in total. The van der Waals surface area contributed by atoms with Gasteiger partial charge in [0.25, 0.3) is 5.91 Å². The molecule has 3 aromatic rings. The van der Waals surface area contributed by atoms with Crippen molar-refractivity contribution in [1.29, 1.82) is 0 Å². The number of piperidine rings is 1. The van der Waals surface area contributed by atoms with E-state index in [1.54, 1.807) is 0 Å². The van der Waals surface area contributed by atoms with Crippen molar-refractivity contribution in [2.24, 2.45) is 0 Å². The minimum Gasteiger partial charge on any atom is -0.450 e. The summed E-state index contributed by atoms with van der Waals surface area (Å²) in [6, 6.07) is 27.4. The summed E-state index contributed by atoms with van der Waals surface area (Å²) >= 11 is 0. The predicted octanol–water partition coefficient (Wildman–Crippen LogP) is 6.84. The van der Waals surface area contributed by atoms with Gasteiger partial charge in [-0.05, 0) is 67.3 Å². The van der Waals surface area contributed by atoms with Crippen molar-refractivity contribution >= 4 is 12.1 Å². The highest BCUT2D eigenvalue weighted by Gasteiger charge is 2.24. The first-order chi connectivity index (χ1) is 18.2. The van der Waals surface area contributed by atoms with Gasteiger partial charge in [0.1, 0.15) is 0 Å². The largest absolute Gasteiger partial charge is 0.503 e. The lowest BCUT2D eigenvalue weighted by Crippen LogP contribution is -2.45. The number of carbonyl (C=O) groups excluding carboxylic acids is 1. The number of rotatable bonds is 8. The second kappa shape index (κ2) is 13.8. The number of nitrogens with zero attached hydrogens (tertiary/aromatic N) is 1. The summed E-state index contributed by atoms with van der Waals surface area (Å²) in [6.45, 7) is 9.97. The van der Waals surface area contributed by atoms with Crippen molar-refractivity contribution < 1.29 is 19.8 Å². The number of hydrogen-bond donors (Lipinski definition) is 3. The Morgan fingerprint density at radius 2 is 1.50 bits per heavy atom. The van der Waals surface area contributed by atoms with Crippen molar-refractivity contribution in [3.8, 4) is 11.1 Å². The number of nitrogens with one attached hydrogen (secondary N) is 1. The van der Waals surface area contributed by atoms with Gasteiger partial charge in [-0.2, -0.15) is 0 Å². The third kappa shape index (κ3) is 8.73. The lowest BCUT2D eigenvalue weighted by Gasteiger charge is -2.33. The molecule has 38 heavy (non-hydrogen) atoms. The zero-order valence-electron chi connectivity index (χ0n) is 22.7. The Balaban J connectivity index is 0.000000934. The van der Waals surface area contributed by atoms with E-state index < -0.39 is 6.16 Å². The topological polar surface area (TPSA) is 89.9 Å². The first kappa shape index (κ1) is 28.9. The van der Waals surface area contributed by atoms with E-state index in [-0.39, 0.29) is 17.4 Å². The molecule has 3 N–H and O–H groups in total. The van der Waals surface area contributed by atoms with Gasteiger partial charge in [0.05, 0.1) is 0 Å². The maximum Gasteiger partial charge on any atom is 0.503 e. The lowest BCUT2D eigenvalue weighted by atomic mass is 9.80. The highest BCUT2D eigenvalue weighted by atomic mass is 16.6. The third-order valence-corrected chi connectivity index (χ3v) is 7.26. The van der Waals surface area contributed by atoms with Gasteiger partial charge in [0, 0.05) is 24.7 Å². The van der Waals surface area contributed by atoms with Crippen LogP contribution in [0.15, 0.2) is 78.9 Å². The highest BCUT2D eigenvalue weighted by Crippen LogP contribution is 2.29. The molecule has 202 valence electrons. The Hall–Kier alpha value is -3.64. The Kier molecular flexibility index (Phi) is 10.5. The molecule has 1 saturated heterocycles. The molecule has 1 heterocycles. The zero-order chi connectivity index (χ0) is 27.5. The molecule has 0 radical (unpaired) electrons. The quantitative estimate of drug-likeness (QED) is 0.305. The van der Waals surface area contributed by atoms with Gasteiger partial charge in [0.2, 0.25) is 0 Å². The van der Waals surface area contributed by atoms with E-state index in [4.69, 9.17) is 15.0 Å². The van der Waals surface area contributed by atoms with Crippen molar-refractivity contribution in [2.75, 3.05) is 19.6 Å². The molecule has 6 heteroatoms. The van der Waals surface area contributed by atoms with Crippen LogP contribution in [0.25, 0.3) is 11.1 Å². The fraction of sp³-hybridized carbons (Fsp3) is 0.375. The summed E-state index contributed by atoms with van der Waals surface area (Å²) in [6.07, 6.45) is 2.58. The summed E-state index contributed by atoms with van der Waals surface area (Å²) in [4.78, 5) is 24.4. The van der Waals surface area contributed by atoms with E-state index in [1.165, 1.54) is 18.4 Å². The van der Waals surface area contributed by atoms with Crippen LogP contribution in [-0.2, 0) is 5.41 Å². The van der Waals surface area contributed by atoms with Crippen LogP contribution in [0.2, 0.25) is 0 Å². The van der Waals surface area contributed by atoms with Crippen LogP contribution in [0.1, 0.15) is 61.0 Å². The molecule has 0 saturated carbocycles. The van der Waals surface area contributed by atoms with Gasteiger partial charge in [0.15, 0.2) is 0 Å². The summed E-state index contributed by atoms with van der Waals surface area (Å²) in [7, 11) is 0. The predicted molar refractivity (Wildman–Crippen MR) is 153 cm³/mol. The molecule has 1 amide bonds. The third-order valence-electron chi connectivity index (χ3n) is 7.26. The molecular formula is C32H40N2O4. The molecule has 1 aliphatic heterocycles. The molecule has 4 rings (SSSR count). The zero-order valence-corrected chi connectivity index (χ0v) is 22.7. The second-order valence-corrected chi connectivity index (χ2v) is 10.6. The van der Waals surface area contributed by atoms with Gasteiger partial charge in [-0.3, -0.25) is 4.79 Å². The fourth-order valence-electron chi connectivity index (χ4n) is 5.06. The van der Waals surface area contributed by atoms with Gasteiger partial charge >= 0.3 is 6.16 Å². The summed E-state index contributed by atoms with van der Waals surface area (Å²) in [5.41, 5.74) is 5.60. The van der Waals surface area contributed by atoms with Crippen molar-refractivity contribution in [3.63, 3.8) is 0 Å². The van der Waals surface area contributed by atoms with Crippen molar-refractivity contribution in [3.05, 3.63) is 95.6 Å². The van der Waals surface area contributed by atoms with Crippen molar-refractivity contribution in [1.82, 2.24) is 10.2 Å². The van der Waals surface area contributed by atoms with Crippen LogP contribution in [-0.4, -0.2) is 52.9 Å². The molecule has 0 spiro atoms. The summed E-state index contributed by atoms with van der Waals surface area (Å²) in [5.74, 6) is 0.0469. The number of likely N-dealkylation sites (tertiary alicyclic amines) is 1. The molecular weight excluding hydrogens is 476 g/mol. The molecule has 0 aliphatic carbocycles. The standard InChI is InChI=1S/C31H38N2O.CH2O3/c1-24-15-16-28(25-11-6-4-7-12-25)29(23-24)30(34)32-27-17-21-33(22-18-27)20-10-19-31(2,3)26-13-8-5-9-14-26;2-1(3)4/h4-9,11-16,23,27H,10,17-22H2,1-3H3,(H,32,34);(H2,2,3,4). The van der Waals surface area contributed by atoms with Crippen LogP contribution >= 0.6 is 0 Å². The Morgan fingerprint density at radius 3 is 2.11 bits per heavy atom. The van der Waals surface area contributed by atoms with E-state index in [9.17, 15) is 4.79 Å². The van der Waals surface area contributed by atoms with E-state index in [1.807, 2.05) is 31.2 Å². The molecule has 0 bridgehead atoms. The normalized spacial score (nSPS) is 14.3. The first-order valence-electron chi connectivity index (χ1n) is 13.3. The number of hydrogen-bond acceptors (Lipinski definition) is 3.